The highest BCUT2D eigenvalue weighted by molar-refractivity contribution is 5.33. The van der Waals surface area contributed by atoms with Crippen LogP contribution in [0.15, 0.2) is 48.5 Å². The summed E-state index contributed by atoms with van der Waals surface area (Å²) in [6.07, 6.45) is -0.361. The van der Waals surface area contributed by atoms with Gasteiger partial charge >= 0.3 is 0 Å². The molecule has 0 atom stereocenters. The molecule has 0 unspecified atom stereocenters. The van der Waals surface area contributed by atoms with Crippen molar-refractivity contribution in [3.63, 3.8) is 0 Å². The van der Waals surface area contributed by atoms with E-state index in [1.807, 2.05) is 17.0 Å². The number of rotatable bonds is 3. The minimum absolute atomic E-state index is 0.232. The van der Waals surface area contributed by atoms with Crippen LogP contribution in [0.5, 0.6) is 0 Å². The summed E-state index contributed by atoms with van der Waals surface area (Å²) in [6.45, 7) is 1.02. The number of aliphatic hydroxyl groups excluding tert-OH is 1. The number of hydrogen-bond donors (Lipinski definition) is 1. The van der Waals surface area contributed by atoms with Gasteiger partial charge in [0.25, 0.3) is 0 Å². The van der Waals surface area contributed by atoms with Gasteiger partial charge in [0.1, 0.15) is 11.6 Å². The Hall–Kier alpha value is -1.78. The van der Waals surface area contributed by atoms with Crippen molar-refractivity contribution in [2.75, 3.05) is 13.1 Å². The zero-order valence-corrected chi connectivity index (χ0v) is 10.8. The summed E-state index contributed by atoms with van der Waals surface area (Å²) in [7, 11) is 0. The minimum atomic E-state index is -0.361. The Bertz CT molecular complexity index is 565. The molecule has 20 heavy (non-hydrogen) atoms. The third-order valence-electron chi connectivity index (χ3n) is 3.58. The monoisotopic (exact) mass is 275 g/mol. The Balaban J connectivity index is 2.00. The number of benzene rings is 2. The molecule has 1 aliphatic rings. The minimum Gasteiger partial charge on any atom is -0.390 e. The summed E-state index contributed by atoms with van der Waals surface area (Å²) in [5.41, 5.74) is 1.53. The molecule has 2 nitrogen and oxygen atoms in total. The molecule has 104 valence electrons. The first-order valence-electron chi connectivity index (χ1n) is 6.56. The average molecular weight is 275 g/mol. The first kappa shape index (κ1) is 13.2. The molecule has 1 aliphatic heterocycles. The highest BCUT2D eigenvalue weighted by Gasteiger charge is 2.33. The van der Waals surface area contributed by atoms with E-state index in [4.69, 9.17) is 0 Å². The normalized spacial score (nSPS) is 16.4. The molecular formula is C16H15F2NO. The van der Waals surface area contributed by atoms with Crippen LogP contribution in [0.25, 0.3) is 0 Å². The van der Waals surface area contributed by atoms with Crippen molar-refractivity contribution < 1.29 is 13.9 Å². The SMILES string of the molecule is OC1CN(C(c2cccc(F)c2)c2cccc(F)c2)C1. The van der Waals surface area contributed by atoms with Gasteiger partial charge in [-0.15, -0.1) is 0 Å². The summed E-state index contributed by atoms with van der Waals surface area (Å²) in [5.74, 6) is -0.630. The summed E-state index contributed by atoms with van der Waals surface area (Å²) in [6, 6.07) is 12.4. The average Bonchev–Trinajstić information content (AvgIpc) is 2.37. The molecule has 0 aromatic heterocycles. The lowest BCUT2D eigenvalue weighted by atomic mass is 9.93. The fourth-order valence-corrected chi connectivity index (χ4v) is 2.67. The quantitative estimate of drug-likeness (QED) is 0.931. The van der Waals surface area contributed by atoms with Crippen LogP contribution in [-0.4, -0.2) is 29.2 Å². The van der Waals surface area contributed by atoms with Gasteiger partial charge in [-0.1, -0.05) is 24.3 Å². The molecule has 2 aromatic carbocycles. The molecular weight excluding hydrogens is 260 g/mol. The van der Waals surface area contributed by atoms with Crippen LogP contribution < -0.4 is 0 Å². The van der Waals surface area contributed by atoms with E-state index in [2.05, 4.69) is 0 Å². The Morgan fingerprint density at radius 2 is 1.45 bits per heavy atom. The Morgan fingerprint density at radius 1 is 0.950 bits per heavy atom. The number of aliphatic hydroxyl groups is 1. The zero-order chi connectivity index (χ0) is 14.1. The van der Waals surface area contributed by atoms with E-state index in [9.17, 15) is 13.9 Å². The van der Waals surface area contributed by atoms with Crippen molar-refractivity contribution in [3.8, 4) is 0 Å². The molecule has 1 heterocycles. The van der Waals surface area contributed by atoms with Gasteiger partial charge in [0.15, 0.2) is 0 Å². The predicted molar refractivity (Wildman–Crippen MR) is 72.2 cm³/mol. The van der Waals surface area contributed by atoms with E-state index in [-0.39, 0.29) is 23.8 Å². The third-order valence-corrected chi connectivity index (χ3v) is 3.58. The van der Waals surface area contributed by atoms with E-state index in [1.54, 1.807) is 12.1 Å². The predicted octanol–water partition coefficient (Wildman–Crippen LogP) is 2.73. The van der Waals surface area contributed by atoms with Crippen molar-refractivity contribution >= 4 is 0 Å². The van der Waals surface area contributed by atoms with E-state index in [1.165, 1.54) is 24.3 Å². The molecule has 3 rings (SSSR count). The second kappa shape index (κ2) is 5.31. The molecule has 1 N–H and O–H groups in total. The van der Waals surface area contributed by atoms with Crippen LogP contribution in [0.3, 0.4) is 0 Å². The van der Waals surface area contributed by atoms with E-state index in [0.29, 0.717) is 13.1 Å². The van der Waals surface area contributed by atoms with Crippen LogP contribution in [0, 0.1) is 11.6 Å². The zero-order valence-electron chi connectivity index (χ0n) is 10.8. The summed E-state index contributed by atoms with van der Waals surface area (Å²) >= 11 is 0. The Labute approximate surface area is 116 Å². The summed E-state index contributed by atoms with van der Waals surface area (Å²) in [4.78, 5) is 2.01. The van der Waals surface area contributed by atoms with Crippen LogP contribution >= 0.6 is 0 Å². The summed E-state index contributed by atoms with van der Waals surface area (Å²) in [5, 5.41) is 9.48. The van der Waals surface area contributed by atoms with Gasteiger partial charge < -0.3 is 5.11 Å². The second-order valence-corrected chi connectivity index (χ2v) is 5.12. The molecule has 0 saturated carbocycles. The van der Waals surface area contributed by atoms with Crippen molar-refractivity contribution in [3.05, 3.63) is 71.3 Å². The molecule has 0 spiro atoms. The smallest absolute Gasteiger partial charge is 0.123 e. The maximum atomic E-state index is 13.4. The highest BCUT2D eigenvalue weighted by atomic mass is 19.1. The van der Waals surface area contributed by atoms with E-state index >= 15 is 0 Å². The van der Waals surface area contributed by atoms with Crippen molar-refractivity contribution in [1.82, 2.24) is 4.90 Å². The highest BCUT2D eigenvalue weighted by Crippen LogP contribution is 2.32. The Morgan fingerprint density at radius 3 is 1.85 bits per heavy atom. The van der Waals surface area contributed by atoms with Gasteiger partial charge in [-0.3, -0.25) is 4.90 Å². The lowest BCUT2D eigenvalue weighted by molar-refractivity contribution is -0.0161. The topological polar surface area (TPSA) is 23.5 Å². The van der Waals surface area contributed by atoms with E-state index in [0.717, 1.165) is 11.1 Å². The van der Waals surface area contributed by atoms with Crippen molar-refractivity contribution in [2.24, 2.45) is 0 Å². The van der Waals surface area contributed by atoms with E-state index < -0.39 is 0 Å². The van der Waals surface area contributed by atoms with Crippen molar-refractivity contribution in [1.29, 1.82) is 0 Å². The number of β-amino-alcohol motifs (C(OH)–C–C–N with tert-alkyl or cyclic N) is 1. The van der Waals surface area contributed by atoms with Crippen molar-refractivity contribution in [2.45, 2.75) is 12.1 Å². The first-order valence-corrected chi connectivity index (χ1v) is 6.56. The van der Waals surface area contributed by atoms with Gasteiger partial charge in [-0.25, -0.2) is 8.78 Å². The van der Waals surface area contributed by atoms with Crippen LogP contribution in [-0.2, 0) is 0 Å². The first-order chi connectivity index (χ1) is 9.63. The second-order valence-electron chi connectivity index (χ2n) is 5.12. The largest absolute Gasteiger partial charge is 0.390 e. The molecule has 2 aromatic rings. The molecule has 1 fully saturated rings. The maximum absolute atomic E-state index is 13.4. The molecule has 1 saturated heterocycles. The molecule has 4 heteroatoms. The number of nitrogens with zero attached hydrogens (tertiary/aromatic N) is 1. The Kier molecular flexibility index (Phi) is 3.51. The van der Waals surface area contributed by atoms with Gasteiger partial charge in [-0.05, 0) is 35.4 Å². The fraction of sp³-hybridized carbons (Fsp3) is 0.250. The lowest BCUT2D eigenvalue weighted by Gasteiger charge is -2.42. The van der Waals surface area contributed by atoms with Gasteiger partial charge in [0.05, 0.1) is 12.1 Å². The van der Waals surface area contributed by atoms with Crippen LogP contribution in [0.4, 0.5) is 8.78 Å². The number of hydrogen-bond acceptors (Lipinski definition) is 2. The van der Waals surface area contributed by atoms with Crippen LogP contribution in [0.1, 0.15) is 17.2 Å². The maximum Gasteiger partial charge on any atom is 0.123 e. The lowest BCUT2D eigenvalue weighted by Crippen LogP contribution is -2.52. The molecule has 0 aliphatic carbocycles. The fourth-order valence-electron chi connectivity index (χ4n) is 2.67. The van der Waals surface area contributed by atoms with Gasteiger partial charge in [0.2, 0.25) is 0 Å². The number of likely N-dealkylation sites (tertiary alicyclic amines) is 1. The molecule has 0 amide bonds. The van der Waals surface area contributed by atoms with Gasteiger partial charge in [0, 0.05) is 13.1 Å². The number of halogens is 2. The van der Waals surface area contributed by atoms with Gasteiger partial charge in [-0.2, -0.15) is 0 Å². The summed E-state index contributed by atoms with van der Waals surface area (Å²) < 4.78 is 26.9. The molecule has 0 radical (unpaired) electrons. The third kappa shape index (κ3) is 2.57. The molecule has 0 bridgehead atoms. The standard InChI is InChI=1S/C16H15F2NO/c17-13-5-1-3-11(7-13)16(19-9-15(20)10-19)12-4-2-6-14(18)8-12/h1-8,15-16,20H,9-10H2. The van der Waals surface area contributed by atoms with Crippen LogP contribution in [0.2, 0.25) is 0 Å².